The highest BCUT2D eigenvalue weighted by Crippen LogP contribution is 2.30. The molecule has 2 aliphatic rings. The molecule has 1 atom stereocenters. The van der Waals surface area contributed by atoms with E-state index < -0.39 is 0 Å². The lowest BCUT2D eigenvalue weighted by Gasteiger charge is -2.52. The van der Waals surface area contributed by atoms with E-state index in [4.69, 9.17) is 4.74 Å². The highest BCUT2D eigenvalue weighted by Gasteiger charge is 2.43. The highest BCUT2D eigenvalue weighted by atomic mass is 16.5. The molecule has 23 heavy (non-hydrogen) atoms. The first-order valence-corrected chi connectivity index (χ1v) is 8.69. The minimum atomic E-state index is -0.176. The molecular weight excluding hydrogens is 290 g/mol. The van der Waals surface area contributed by atoms with Crippen LogP contribution in [0.5, 0.6) is 0 Å². The van der Waals surface area contributed by atoms with Gasteiger partial charge < -0.3 is 14.7 Å². The molecule has 0 saturated carbocycles. The summed E-state index contributed by atoms with van der Waals surface area (Å²) in [5, 5.41) is 9.53. The van der Waals surface area contributed by atoms with Gasteiger partial charge in [-0.3, -0.25) is 9.88 Å². The van der Waals surface area contributed by atoms with Gasteiger partial charge in [0.25, 0.3) is 0 Å². The van der Waals surface area contributed by atoms with Gasteiger partial charge in [0.05, 0.1) is 30.7 Å². The van der Waals surface area contributed by atoms with E-state index in [2.05, 4.69) is 40.8 Å². The summed E-state index contributed by atoms with van der Waals surface area (Å²) in [6, 6.07) is 4.18. The molecule has 1 aromatic heterocycles. The predicted molar refractivity (Wildman–Crippen MR) is 93.9 cm³/mol. The van der Waals surface area contributed by atoms with Crippen molar-refractivity contribution in [1.82, 2.24) is 9.88 Å². The number of pyridine rings is 1. The quantitative estimate of drug-likeness (QED) is 0.924. The fraction of sp³-hybridized carbons (Fsp3) is 0.722. The number of rotatable bonds is 3. The number of likely N-dealkylation sites (tertiary alicyclic amines) is 1. The Balaban J connectivity index is 0.000000924. The second kappa shape index (κ2) is 7.60. The number of ether oxygens (including phenoxy) is 1. The van der Waals surface area contributed by atoms with Gasteiger partial charge in [0.15, 0.2) is 0 Å². The Kier molecular flexibility index (Phi) is 6.00. The van der Waals surface area contributed by atoms with E-state index >= 15 is 0 Å². The molecule has 0 amide bonds. The molecule has 1 N–H and O–H groups in total. The first kappa shape index (κ1) is 18.2. The van der Waals surface area contributed by atoms with Gasteiger partial charge in [-0.25, -0.2) is 0 Å². The van der Waals surface area contributed by atoms with Gasteiger partial charge in [-0.1, -0.05) is 13.8 Å². The number of β-amino-alcohol motifs (C(OH)–C–C–N with tert-alkyl or cyclic N) is 1. The number of aromatic nitrogens is 1. The minimum absolute atomic E-state index is 0.0595. The van der Waals surface area contributed by atoms with Crippen molar-refractivity contribution < 1.29 is 9.84 Å². The van der Waals surface area contributed by atoms with Gasteiger partial charge in [0.2, 0.25) is 0 Å². The van der Waals surface area contributed by atoms with Gasteiger partial charge in [-0.15, -0.1) is 0 Å². The molecule has 0 bridgehead atoms. The van der Waals surface area contributed by atoms with Crippen molar-refractivity contribution in [1.29, 1.82) is 0 Å². The Morgan fingerprint density at radius 1 is 1.22 bits per heavy atom. The Hall–Kier alpha value is -1.17. The van der Waals surface area contributed by atoms with Crippen LogP contribution in [0.1, 0.15) is 33.4 Å². The van der Waals surface area contributed by atoms with Gasteiger partial charge in [-0.2, -0.15) is 0 Å². The lowest BCUT2D eigenvalue weighted by molar-refractivity contribution is -0.121. The van der Waals surface area contributed by atoms with Crippen LogP contribution in [0.15, 0.2) is 18.3 Å². The highest BCUT2D eigenvalue weighted by molar-refractivity contribution is 5.45. The van der Waals surface area contributed by atoms with Crippen molar-refractivity contribution in [2.45, 2.75) is 52.4 Å². The number of nitrogens with zero attached hydrogens (tertiary/aromatic N) is 3. The second-order valence-corrected chi connectivity index (χ2v) is 6.68. The molecule has 3 heterocycles. The van der Waals surface area contributed by atoms with E-state index in [1.807, 2.05) is 27.0 Å². The summed E-state index contributed by atoms with van der Waals surface area (Å²) in [4.78, 5) is 9.04. The lowest BCUT2D eigenvalue weighted by atomic mass is 9.89. The van der Waals surface area contributed by atoms with Crippen LogP contribution in [-0.2, 0) is 4.74 Å². The summed E-state index contributed by atoms with van der Waals surface area (Å²) < 4.78 is 6.02. The lowest BCUT2D eigenvalue weighted by Crippen LogP contribution is -2.67. The number of morpholine rings is 1. The topological polar surface area (TPSA) is 48.8 Å². The van der Waals surface area contributed by atoms with E-state index in [1.165, 1.54) is 0 Å². The molecule has 0 aliphatic carbocycles. The Bertz CT molecular complexity index is 484. The van der Waals surface area contributed by atoms with Crippen molar-refractivity contribution >= 4 is 5.69 Å². The van der Waals surface area contributed by atoms with Crippen LogP contribution in [0, 0.1) is 6.92 Å². The number of aliphatic hydroxyl groups is 1. The maximum atomic E-state index is 9.53. The van der Waals surface area contributed by atoms with E-state index in [1.54, 1.807) is 0 Å². The third-order valence-corrected chi connectivity index (χ3v) is 4.79. The van der Waals surface area contributed by atoms with Crippen molar-refractivity contribution in [2.24, 2.45) is 0 Å². The fourth-order valence-corrected chi connectivity index (χ4v) is 3.09. The van der Waals surface area contributed by atoms with Crippen molar-refractivity contribution in [3.8, 4) is 0 Å². The number of hydrogen-bond donors (Lipinski definition) is 1. The van der Waals surface area contributed by atoms with Crippen LogP contribution in [0.3, 0.4) is 0 Å². The van der Waals surface area contributed by atoms with Gasteiger partial charge in [0, 0.05) is 37.4 Å². The van der Waals surface area contributed by atoms with Crippen LogP contribution in [0.4, 0.5) is 5.69 Å². The molecule has 2 saturated heterocycles. The van der Waals surface area contributed by atoms with Crippen LogP contribution < -0.4 is 4.90 Å². The molecule has 5 nitrogen and oxygen atoms in total. The fourth-order valence-electron chi connectivity index (χ4n) is 3.09. The van der Waals surface area contributed by atoms with Crippen molar-refractivity contribution in [2.75, 3.05) is 37.7 Å². The predicted octanol–water partition coefficient (Wildman–Crippen LogP) is 2.08. The zero-order valence-corrected chi connectivity index (χ0v) is 15.1. The average molecular weight is 321 g/mol. The standard InChI is InChI=1S/C16H25N3O2.C2H6/c1-12-4-5-13(8-17-12)18-6-7-21-15(11-18)16(2,3)19-9-14(20)10-19;1-2/h4-5,8,14-15,20H,6-7,9-11H2,1-3H3;1-2H3. The first-order valence-electron chi connectivity index (χ1n) is 8.69. The SMILES string of the molecule is CC.Cc1ccc(N2CCOC(C(C)(C)N3CC(O)C3)C2)cn1. The number of aliphatic hydroxyl groups excluding tert-OH is 1. The Morgan fingerprint density at radius 3 is 2.48 bits per heavy atom. The maximum absolute atomic E-state index is 9.53. The number of aryl methyl sites for hydroxylation is 1. The summed E-state index contributed by atoms with van der Waals surface area (Å²) in [5.74, 6) is 0. The third kappa shape index (κ3) is 4.03. The molecule has 0 spiro atoms. The minimum Gasteiger partial charge on any atom is -0.390 e. The summed E-state index contributed by atoms with van der Waals surface area (Å²) in [7, 11) is 0. The molecule has 130 valence electrons. The molecule has 5 heteroatoms. The molecule has 1 aromatic rings. The molecule has 0 aromatic carbocycles. The number of anilines is 1. The van der Waals surface area contributed by atoms with E-state index in [0.29, 0.717) is 0 Å². The van der Waals surface area contributed by atoms with Gasteiger partial charge in [-0.05, 0) is 32.9 Å². The molecule has 2 aliphatic heterocycles. The molecule has 0 radical (unpaired) electrons. The number of hydrogen-bond acceptors (Lipinski definition) is 5. The summed E-state index contributed by atoms with van der Waals surface area (Å²) in [6.07, 6.45) is 1.91. The van der Waals surface area contributed by atoms with Crippen LogP contribution in [-0.4, -0.2) is 65.5 Å². The summed E-state index contributed by atoms with van der Waals surface area (Å²) in [5.41, 5.74) is 2.14. The van der Waals surface area contributed by atoms with Crippen LogP contribution in [0.25, 0.3) is 0 Å². The van der Waals surface area contributed by atoms with Crippen molar-refractivity contribution in [3.05, 3.63) is 24.0 Å². The zero-order valence-electron chi connectivity index (χ0n) is 15.1. The van der Waals surface area contributed by atoms with E-state index in [9.17, 15) is 5.11 Å². The van der Waals surface area contributed by atoms with Crippen LogP contribution >= 0.6 is 0 Å². The van der Waals surface area contributed by atoms with E-state index in [-0.39, 0.29) is 17.7 Å². The summed E-state index contributed by atoms with van der Waals surface area (Å²) in [6.45, 7) is 14.4. The van der Waals surface area contributed by atoms with Crippen LogP contribution in [0.2, 0.25) is 0 Å². The van der Waals surface area contributed by atoms with Gasteiger partial charge in [0.1, 0.15) is 0 Å². The third-order valence-electron chi connectivity index (χ3n) is 4.79. The molecular formula is C18H31N3O2. The molecule has 2 fully saturated rings. The maximum Gasteiger partial charge on any atom is 0.0928 e. The molecule has 1 unspecified atom stereocenters. The largest absolute Gasteiger partial charge is 0.390 e. The van der Waals surface area contributed by atoms with E-state index in [0.717, 1.165) is 44.2 Å². The average Bonchev–Trinajstić information content (AvgIpc) is 2.54. The summed E-state index contributed by atoms with van der Waals surface area (Å²) >= 11 is 0. The Labute approximate surface area is 140 Å². The monoisotopic (exact) mass is 321 g/mol. The first-order chi connectivity index (χ1) is 11.0. The molecule has 3 rings (SSSR count). The zero-order chi connectivity index (χ0) is 17.0. The second-order valence-electron chi connectivity index (χ2n) is 6.68. The Morgan fingerprint density at radius 2 is 1.91 bits per heavy atom. The smallest absolute Gasteiger partial charge is 0.0928 e. The normalized spacial score (nSPS) is 23.0. The van der Waals surface area contributed by atoms with Crippen molar-refractivity contribution in [3.63, 3.8) is 0 Å². The van der Waals surface area contributed by atoms with Gasteiger partial charge >= 0.3 is 0 Å².